The van der Waals surface area contributed by atoms with E-state index < -0.39 is 21.1 Å². The summed E-state index contributed by atoms with van der Waals surface area (Å²) < 4.78 is 30.9. The van der Waals surface area contributed by atoms with Gasteiger partial charge in [-0.1, -0.05) is 56.3 Å². The molecule has 0 atom stereocenters. The molecule has 0 amide bonds. The Labute approximate surface area is 197 Å². The average Bonchev–Trinajstić information content (AvgIpc) is 3.19. The zero-order chi connectivity index (χ0) is 24.6. The minimum absolute atomic E-state index is 0.0147. The summed E-state index contributed by atoms with van der Waals surface area (Å²) in [5, 5.41) is 11.2. The number of rotatable bonds is 8. The van der Waals surface area contributed by atoms with Gasteiger partial charge in [-0.15, -0.1) is 0 Å². The fourth-order valence-corrected chi connectivity index (χ4v) is 6.11. The van der Waals surface area contributed by atoms with Gasteiger partial charge in [0.05, 0.1) is 11.3 Å². The van der Waals surface area contributed by atoms with Crippen LogP contribution in [0.3, 0.4) is 0 Å². The van der Waals surface area contributed by atoms with Gasteiger partial charge in [0.15, 0.2) is 14.9 Å². The molecule has 8 nitrogen and oxygen atoms in total. The standard InChI is InChI=1S/C25H29N3O5S/c1-17(2)14-28-21-16-27(15-19-10-6-9-18-8-4-5-11-20(18)19)24(34(32,33)13-7-12-29)22(21)23(30)26(3)25(28)31/h4-6,8-11,16-17,29H,7,12-15H2,1-3H3. The Morgan fingerprint density at radius 2 is 1.74 bits per heavy atom. The van der Waals surface area contributed by atoms with Crippen LogP contribution in [-0.4, -0.2) is 39.6 Å². The Morgan fingerprint density at radius 3 is 2.44 bits per heavy atom. The van der Waals surface area contributed by atoms with Gasteiger partial charge in [0, 0.05) is 32.9 Å². The first-order valence-electron chi connectivity index (χ1n) is 11.3. The van der Waals surface area contributed by atoms with Crippen LogP contribution in [0.15, 0.2) is 63.3 Å². The van der Waals surface area contributed by atoms with Crippen LogP contribution in [0.25, 0.3) is 21.7 Å². The van der Waals surface area contributed by atoms with Crippen molar-refractivity contribution in [2.24, 2.45) is 13.0 Å². The first kappa shape index (κ1) is 24.0. The van der Waals surface area contributed by atoms with Crippen molar-refractivity contribution in [2.75, 3.05) is 12.4 Å². The lowest BCUT2D eigenvalue weighted by atomic mass is 10.0. The van der Waals surface area contributed by atoms with Gasteiger partial charge in [-0.05, 0) is 28.7 Å². The van der Waals surface area contributed by atoms with E-state index in [2.05, 4.69) is 0 Å². The highest BCUT2D eigenvalue weighted by atomic mass is 32.2. The zero-order valence-electron chi connectivity index (χ0n) is 19.6. The molecule has 0 aliphatic heterocycles. The highest BCUT2D eigenvalue weighted by Crippen LogP contribution is 2.27. The third-order valence-corrected chi connectivity index (χ3v) is 7.82. The van der Waals surface area contributed by atoms with Crippen molar-refractivity contribution in [1.82, 2.24) is 13.7 Å². The van der Waals surface area contributed by atoms with E-state index in [0.717, 1.165) is 20.9 Å². The third kappa shape index (κ3) is 4.21. The maximum Gasteiger partial charge on any atom is 0.331 e. The SMILES string of the molecule is CC(C)Cn1c(=O)n(C)c(=O)c2c(S(=O)(=O)CCCO)n(Cc3cccc4ccccc34)cc21. The molecule has 4 rings (SSSR count). The quantitative estimate of drug-likeness (QED) is 0.415. The molecular formula is C25H29N3O5S. The topological polar surface area (TPSA) is 103 Å². The van der Waals surface area contributed by atoms with E-state index in [0.29, 0.717) is 12.1 Å². The molecule has 4 aromatic rings. The Balaban J connectivity index is 2.06. The van der Waals surface area contributed by atoms with Crippen LogP contribution in [0.1, 0.15) is 25.8 Å². The second-order valence-corrected chi connectivity index (χ2v) is 11.0. The van der Waals surface area contributed by atoms with Crippen molar-refractivity contribution < 1.29 is 13.5 Å². The fraction of sp³-hybridized carbons (Fsp3) is 0.360. The molecule has 0 unspecified atom stereocenters. The molecule has 0 fully saturated rings. The zero-order valence-corrected chi connectivity index (χ0v) is 20.4. The number of hydrogen-bond acceptors (Lipinski definition) is 5. The van der Waals surface area contributed by atoms with E-state index in [9.17, 15) is 23.1 Å². The lowest BCUT2D eigenvalue weighted by Crippen LogP contribution is -2.39. The highest BCUT2D eigenvalue weighted by Gasteiger charge is 2.28. The highest BCUT2D eigenvalue weighted by molar-refractivity contribution is 7.91. The summed E-state index contributed by atoms with van der Waals surface area (Å²) in [7, 11) is -2.56. The van der Waals surface area contributed by atoms with Gasteiger partial charge >= 0.3 is 5.69 Å². The van der Waals surface area contributed by atoms with Crippen LogP contribution < -0.4 is 11.2 Å². The predicted molar refractivity (Wildman–Crippen MR) is 133 cm³/mol. The third-order valence-electron chi connectivity index (χ3n) is 5.97. The molecule has 0 radical (unpaired) electrons. The van der Waals surface area contributed by atoms with E-state index in [1.807, 2.05) is 56.3 Å². The number of aliphatic hydroxyl groups excluding tert-OH is 1. The van der Waals surface area contributed by atoms with Gasteiger partial charge < -0.3 is 9.67 Å². The lowest BCUT2D eigenvalue weighted by molar-refractivity contribution is 0.295. The summed E-state index contributed by atoms with van der Waals surface area (Å²) in [4.78, 5) is 26.2. The minimum Gasteiger partial charge on any atom is -0.396 e. The Bertz CT molecular complexity index is 1590. The number of nitrogens with zero attached hydrogens (tertiary/aromatic N) is 3. The fourth-order valence-electron chi connectivity index (χ4n) is 4.43. The van der Waals surface area contributed by atoms with E-state index in [-0.39, 0.29) is 41.7 Å². The van der Waals surface area contributed by atoms with Crippen molar-refractivity contribution in [3.8, 4) is 0 Å². The normalized spacial score (nSPS) is 12.3. The monoisotopic (exact) mass is 483 g/mol. The van der Waals surface area contributed by atoms with Crippen molar-refractivity contribution >= 4 is 31.5 Å². The smallest absolute Gasteiger partial charge is 0.331 e. The molecule has 0 bridgehead atoms. The number of aliphatic hydroxyl groups is 1. The van der Waals surface area contributed by atoms with E-state index in [1.54, 1.807) is 10.8 Å². The molecule has 2 heterocycles. The largest absolute Gasteiger partial charge is 0.396 e. The molecule has 9 heteroatoms. The van der Waals surface area contributed by atoms with Crippen LogP contribution in [-0.2, 0) is 30.0 Å². The number of fused-ring (bicyclic) bond motifs is 2. The molecule has 1 N–H and O–H groups in total. The molecule has 0 spiro atoms. The van der Waals surface area contributed by atoms with E-state index >= 15 is 0 Å². The van der Waals surface area contributed by atoms with Crippen molar-refractivity contribution in [3.05, 3.63) is 75.1 Å². The summed E-state index contributed by atoms with van der Waals surface area (Å²) in [5.74, 6) is -0.195. The first-order chi connectivity index (χ1) is 16.2. The molecule has 2 aromatic carbocycles. The summed E-state index contributed by atoms with van der Waals surface area (Å²) in [6.07, 6.45) is 1.66. The molecule has 0 saturated carbocycles. The number of sulfone groups is 1. The number of hydrogen-bond donors (Lipinski definition) is 1. The Hall–Kier alpha value is -3.17. The van der Waals surface area contributed by atoms with Crippen LogP contribution in [0, 0.1) is 5.92 Å². The maximum atomic E-state index is 13.5. The summed E-state index contributed by atoms with van der Waals surface area (Å²) in [6.45, 7) is 4.18. The van der Waals surface area contributed by atoms with Gasteiger partial charge in [0.2, 0.25) is 0 Å². The van der Waals surface area contributed by atoms with Gasteiger partial charge in [-0.2, -0.15) is 0 Å². The van der Waals surface area contributed by atoms with E-state index in [1.165, 1.54) is 11.6 Å². The minimum atomic E-state index is -3.93. The predicted octanol–water partition coefficient (Wildman–Crippen LogP) is 2.52. The lowest BCUT2D eigenvalue weighted by Gasteiger charge is -2.13. The van der Waals surface area contributed by atoms with Gasteiger partial charge in [0.25, 0.3) is 5.56 Å². The Kier molecular flexibility index (Phi) is 6.51. The second kappa shape index (κ2) is 9.23. The van der Waals surface area contributed by atoms with Crippen LogP contribution >= 0.6 is 0 Å². The first-order valence-corrected chi connectivity index (χ1v) is 12.9. The van der Waals surface area contributed by atoms with Crippen molar-refractivity contribution in [3.63, 3.8) is 0 Å². The average molecular weight is 484 g/mol. The molecule has 180 valence electrons. The maximum absolute atomic E-state index is 13.5. The van der Waals surface area contributed by atoms with E-state index in [4.69, 9.17) is 0 Å². The Morgan fingerprint density at radius 1 is 1.03 bits per heavy atom. The molecule has 0 saturated heterocycles. The molecule has 2 aromatic heterocycles. The van der Waals surface area contributed by atoms with Gasteiger partial charge in [-0.3, -0.25) is 13.9 Å². The second-order valence-electron chi connectivity index (χ2n) is 9.01. The molecular weight excluding hydrogens is 454 g/mol. The van der Waals surface area contributed by atoms with Crippen molar-refractivity contribution in [1.29, 1.82) is 0 Å². The van der Waals surface area contributed by atoms with Gasteiger partial charge in [-0.25, -0.2) is 13.2 Å². The van der Waals surface area contributed by atoms with Crippen LogP contribution in [0.4, 0.5) is 0 Å². The van der Waals surface area contributed by atoms with Crippen molar-refractivity contribution in [2.45, 2.75) is 38.4 Å². The molecule has 0 aliphatic carbocycles. The summed E-state index contributed by atoms with van der Waals surface area (Å²) in [6, 6.07) is 13.6. The molecule has 0 aliphatic rings. The summed E-state index contributed by atoms with van der Waals surface area (Å²) >= 11 is 0. The summed E-state index contributed by atoms with van der Waals surface area (Å²) in [5.41, 5.74) is 0.0864. The van der Waals surface area contributed by atoms with Crippen LogP contribution in [0.5, 0.6) is 0 Å². The van der Waals surface area contributed by atoms with Crippen LogP contribution in [0.2, 0.25) is 0 Å². The number of benzene rings is 2. The van der Waals surface area contributed by atoms with Gasteiger partial charge in [0.1, 0.15) is 5.39 Å². The number of aromatic nitrogens is 3. The molecule has 34 heavy (non-hydrogen) atoms.